The lowest BCUT2D eigenvalue weighted by Crippen LogP contribution is -2.07. The fraction of sp³-hybridized carbons (Fsp3) is 0.364. The summed E-state index contributed by atoms with van der Waals surface area (Å²) in [6, 6.07) is 2.82. The molecule has 0 aliphatic heterocycles. The minimum absolute atomic E-state index is 0.0564. The second kappa shape index (κ2) is 5.23. The minimum Gasteiger partial charge on any atom is -0.492 e. The second-order valence-corrected chi connectivity index (χ2v) is 5.47. The smallest absolute Gasteiger partial charge is 0.182 e. The van der Waals surface area contributed by atoms with E-state index in [-0.39, 0.29) is 23.5 Å². The number of methoxy groups -OCH3 is 2. The van der Waals surface area contributed by atoms with Crippen molar-refractivity contribution in [2.45, 2.75) is 11.3 Å². The summed E-state index contributed by atoms with van der Waals surface area (Å²) < 4.78 is 46.8. The molecule has 18 heavy (non-hydrogen) atoms. The molecule has 1 rings (SSSR count). The van der Waals surface area contributed by atoms with Crippen LogP contribution in [0.5, 0.6) is 11.5 Å². The molecule has 7 heteroatoms. The Hall–Kier alpha value is -1.81. The highest BCUT2D eigenvalue weighted by molar-refractivity contribution is 7.90. The molecule has 0 aliphatic rings. The van der Waals surface area contributed by atoms with Crippen molar-refractivity contribution < 1.29 is 22.3 Å². The van der Waals surface area contributed by atoms with E-state index in [0.29, 0.717) is 0 Å². The molecular formula is C11H12FNO4S. The third-order valence-electron chi connectivity index (χ3n) is 2.27. The molecule has 98 valence electrons. The fourth-order valence-corrected chi connectivity index (χ4v) is 2.54. The van der Waals surface area contributed by atoms with E-state index < -0.39 is 20.5 Å². The summed E-state index contributed by atoms with van der Waals surface area (Å²) in [7, 11) is -1.30. The third kappa shape index (κ3) is 2.54. The van der Waals surface area contributed by atoms with Crippen molar-refractivity contribution in [3.63, 3.8) is 0 Å². The predicted octanol–water partition coefficient (Wildman–Crippen LogP) is 1.31. The number of sulfone groups is 1. The van der Waals surface area contributed by atoms with Gasteiger partial charge in [-0.3, -0.25) is 0 Å². The van der Waals surface area contributed by atoms with Crippen LogP contribution >= 0.6 is 0 Å². The van der Waals surface area contributed by atoms with Crippen LogP contribution in [0.25, 0.3) is 0 Å². The van der Waals surface area contributed by atoms with Gasteiger partial charge in [0.15, 0.2) is 21.3 Å². The molecular weight excluding hydrogens is 261 g/mol. The molecule has 1 aromatic carbocycles. The molecule has 0 bridgehead atoms. The first kappa shape index (κ1) is 14.3. The molecule has 0 aliphatic carbocycles. The van der Waals surface area contributed by atoms with E-state index >= 15 is 0 Å². The van der Waals surface area contributed by atoms with Crippen LogP contribution in [0.3, 0.4) is 0 Å². The van der Waals surface area contributed by atoms with Gasteiger partial charge in [-0.1, -0.05) is 0 Å². The summed E-state index contributed by atoms with van der Waals surface area (Å²) >= 11 is 0. The number of nitrogens with zero attached hydrogens (tertiary/aromatic N) is 1. The topological polar surface area (TPSA) is 76.4 Å². The first-order valence-electron chi connectivity index (χ1n) is 4.87. The number of benzene rings is 1. The molecule has 1 aromatic rings. The van der Waals surface area contributed by atoms with E-state index in [0.717, 1.165) is 12.3 Å². The highest BCUT2D eigenvalue weighted by Crippen LogP contribution is 2.39. The maximum absolute atomic E-state index is 13.8. The number of ether oxygens (including phenoxy) is 2. The van der Waals surface area contributed by atoms with E-state index in [1.807, 2.05) is 6.07 Å². The lowest BCUT2D eigenvalue weighted by Gasteiger charge is -2.15. The van der Waals surface area contributed by atoms with Crippen LogP contribution in [0, 0.1) is 17.1 Å². The van der Waals surface area contributed by atoms with Crippen LogP contribution in [0.1, 0.15) is 5.56 Å². The van der Waals surface area contributed by atoms with Crippen molar-refractivity contribution >= 4 is 9.84 Å². The van der Waals surface area contributed by atoms with E-state index in [4.69, 9.17) is 14.7 Å². The standard InChI is InChI=1S/C11H12FNO4S/c1-16-9-7(4-5-13)6-8(12)11(10(9)17-2)18(3,14)15/h6H,4H2,1-3H3. The van der Waals surface area contributed by atoms with Gasteiger partial charge in [-0.2, -0.15) is 5.26 Å². The van der Waals surface area contributed by atoms with Gasteiger partial charge in [0.25, 0.3) is 0 Å². The summed E-state index contributed by atoms with van der Waals surface area (Å²) in [5.41, 5.74) is 0.238. The van der Waals surface area contributed by atoms with Crippen LogP contribution in [0.15, 0.2) is 11.0 Å². The number of halogens is 1. The van der Waals surface area contributed by atoms with Crippen LogP contribution in [0.2, 0.25) is 0 Å². The minimum atomic E-state index is -3.80. The van der Waals surface area contributed by atoms with Crippen LogP contribution in [-0.4, -0.2) is 28.9 Å². The molecule has 0 unspecified atom stereocenters. The summed E-state index contributed by atoms with van der Waals surface area (Å²) in [4.78, 5) is -0.566. The van der Waals surface area contributed by atoms with E-state index in [2.05, 4.69) is 0 Å². The van der Waals surface area contributed by atoms with Crippen molar-refractivity contribution in [2.75, 3.05) is 20.5 Å². The Bertz CT molecular complexity index is 604. The van der Waals surface area contributed by atoms with Gasteiger partial charge in [0.1, 0.15) is 10.7 Å². The van der Waals surface area contributed by atoms with E-state index in [1.54, 1.807) is 0 Å². The summed E-state index contributed by atoms with van der Waals surface area (Å²) in [5.74, 6) is -1.12. The van der Waals surface area contributed by atoms with Gasteiger partial charge >= 0.3 is 0 Å². The number of rotatable bonds is 4. The normalized spacial score (nSPS) is 10.8. The van der Waals surface area contributed by atoms with Gasteiger partial charge < -0.3 is 9.47 Å². The first-order valence-corrected chi connectivity index (χ1v) is 6.76. The van der Waals surface area contributed by atoms with Crippen molar-refractivity contribution in [3.05, 3.63) is 17.4 Å². The Morgan fingerprint density at radius 3 is 2.28 bits per heavy atom. The van der Waals surface area contributed by atoms with E-state index in [9.17, 15) is 12.8 Å². The maximum Gasteiger partial charge on any atom is 0.182 e. The van der Waals surface area contributed by atoms with Crippen LogP contribution in [-0.2, 0) is 16.3 Å². The average Bonchev–Trinajstić information content (AvgIpc) is 2.26. The largest absolute Gasteiger partial charge is 0.492 e. The molecule has 5 nitrogen and oxygen atoms in total. The zero-order chi connectivity index (χ0) is 13.9. The van der Waals surface area contributed by atoms with Crippen LogP contribution in [0.4, 0.5) is 4.39 Å². The molecule has 0 fully saturated rings. The number of hydrogen-bond acceptors (Lipinski definition) is 5. The summed E-state index contributed by atoms with van der Waals surface area (Å²) in [5, 5.41) is 8.64. The Labute approximate surface area is 105 Å². The fourth-order valence-electron chi connectivity index (χ4n) is 1.61. The Kier molecular flexibility index (Phi) is 4.14. The highest BCUT2D eigenvalue weighted by Gasteiger charge is 2.26. The lowest BCUT2D eigenvalue weighted by atomic mass is 10.1. The van der Waals surface area contributed by atoms with Crippen molar-refractivity contribution in [2.24, 2.45) is 0 Å². The molecule has 0 saturated carbocycles. The van der Waals surface area contributed by atoms with Crippen molar-refractivity contribution in [3.8, 4) is 17.6 Å². The maximum atomic E-state index is 13.8. The SMILES string of the molecule is COc1c(CC#N)cc(F)c(S(C)(=O)=O)c1OC. The van der Waals surface area contributed by atoms with Gasteiger partial charge in [0.05, 0.1) is 26.7 Å². The van der Waals surface area contributed by atoms with Gasteiger partial charge in [0, 0.05) is 11.8 Å². The zero-order valence-corrected chi connectivity index (χ0v) is 11.0. The Balaban J connectivity index is 3.73. The monoisotopic (exact) mass is 273 g/mol. The Morgan fingerprint density at radius 1 is 1.33 bits per heavy atom. The molecule has 0 saturated heterocycles. The molecule has 0 heterocycles. The molecule has 0 amide bonds. The van der Waals surface area contributed by atoms with Gasteiger partial charge in [-0.15, -0.1) is 0 Å². The number of hydrogen-bond donors (Lipinski definition) is 0. The quantitative estimate of drug-likeness (QED) is 0.826. The van der Waals surface area contributed by atoms with Crippen molar-refractivity contribution in [1.82, 2.24) is 0 Å². The van der Waals surface area contributed by atoms with Crippen molar-refractivity contribution in [1.29, 1.82) is 5.26 Å². The molecule has 0 N–H and O–H groups in total. The zero-order valence-electron chi connectivity index (χ0n) is 10.2. The summed E-state index contributed by atoms with van der Waals surface area (Å²) in [6.45, 7) is 0. The first-order chi connectivity index (χ1) is 8.36. The lowest BCUT2D eigenvalue weighted by molar-refractivity contribution is 0.339. The van der Waals surface area contributed by atoms with Gasteiger partial charge in [-0.05, 0) is 6.07 Å². The molecule has 0 atom stereocenters. The second-order valence-electron chi connectivity index (χ2n) is 3.52. The number of nitriles is 1. The third-order valence-corrected chi connectivity index (χ3v) is 3.39. The van der Waals surface area contributed by atoms with E-state index in [1.165, 1.54) is 14.2 Å². The molecule has 0 aromatic heterocycles. The predicted molar refractivity (Wildman–Crippen MR) is 61.9 cm³/mol. The van der Waals surface area contributed by atoms with Crippen LogP contribution < -0.4 is 9.47 Å². The average molecular weight is 273 g/mol. The van der Waals surface area contributed by atoms with Gasteiger partial charge in [-0.25, -0.2) is 12.8 Å². The Morgan fingerprint density at radius 2 is 1.89 bits per heavy atom. The molecule has 0 radical (unpaired) electrons. The van der Waals surface area contributed by atoms with Gasteiger partial charge in [0.2, 0.25) is 0 Å². The molecule has 0 spiro atoms. The summed E-state index contributed by atoms with van der Waals surface area (Å²) in [6.07, 6.45) is 0.762. The highest BCUT2D eigenvalue weighted by atomic mass is 32.2.